The fourth-order valence-corrected chi connectivity index (χ4v) is 12.7. The molecule has 0 atom stereocenters. The number of hydrogen-bond acceptors (Lipinski definition) is 6. The number of hydrogen-bond donors (Lipinski definition) is 0. The molecule has 3 rings (SSSR count). The van der Waals surface area contributed by atoms with Gasteiger partial charge in [0, 0.05) is 0 Å². The van der Waals surface area contributed by atoms with Crippen molar-refractivity contribution < 1.29 is 28.4 Å². The maximum absolute atomic E-state index is 5.55. The van der Waals surface area contributed by atoms with Crippen LogP contribution in [0.1, 0.15) is 0 Å². The van der Waals surface area contributed by atoms with Gasteiger partial charge in [-0.2, -0.15) is 0 Å². The van der Waals surface area contributed by atoms with E-state index in [9.17, 15) is 0 Å². The first-order chi connectivity index (χ1) is 15.0. The van der Waals surface area contributed by atoms with Gasteiger partial charge in [0.1, 0.15) is 0 Å². The van der Waals surface area contributed by atoms with Gasteiger partial charge in [0.2, 0.25) is 0 Å². The average Bonchev–Trinajstić information content (AvgIpc) is 2.83. The average molecular weight is 620 g/mol. The van der Waals surface area contributed by atoms with E-state index in [1.54, 1.807) is 42.7 Å². The monoisotopic (exact) mass is 620 g/mol. The fraction of sp³-hybridized carbons (Fsp3) is 0.250. The predicted octanol–water partition coefficient (Wildman–Crippen LogP) is 2.25. The molecule has 0 aliphatic rings. The van der Waals surface area contributed by atoms with Crippen molar-refractivity contribution >= 4 is 31.6 Å². The molecule has 7 heteroatoms. The molecule has 0 fully saturated rings. The first-order valence-corrected chi connectivity index (χ1v) is 14.8. The molecule has 0 N–H and O–H groups in total. The van der Waals surface area contributed by atoms with Crippen molar-refractivity contribution in [3.05, 3.63) is 54.6 Å². The van der Waals surface area contributed by atoms with E-state index in [2.05, 4.69) is 36.4 Å². The molecular weight excluding hydrogens is 593 g/mol. The molecule has 0 aliphatic carbocycles. The van der Waals surface area contributed by atoms with Gasteiger partial charge >= 0.3 is 192 Å². The predicted molar refractivity (Wildman–Crippen MR) is 123 cm³/mol. The van der Waals surface area contributed by atoms with E-state index in [1.807, 2.05) is 18.2 Å². The molecule has 6 nitrogen and oxygen atoms in total. The summed E-state index contributed by atoms with van der Waals surface area (Å²) in [6.07, 6.45) is 0. The Labute approximate surface area is 191 Å². The Balaban J connectivity index is 2.30. The van der Waals surface area contributed by atoms with Crippen molar-refractivity contribution in [1.82, 2.24) is 0 Å². The SMILES string of the molecule is COc1cc(OC)c[c]([Bi]([c]2cc(OC)cc(OC)c2)[c]2cc(OC)cc(OC)c2)c1. The Morgan fingerprint density at radius 1 is 0.355 bits per heavy atom. The quantitative estimate of drug-likeness (QED) is 0.343. The van der Waals surface area contributed by atoms with E-state index in [1.165, 1.54) is 9.81 Å². The molecule has 0 radical (unpaired) electrons. The maximum atomic E-state index is 5.55. The zero-order valence-corrected chi connectivity index (χ0v) is 22.1. The Bertz CT molecular complexity index is 838. The van der Waals surface area contributed by atoms with Gasteiger partial charge in [-0.25, -0.2) is 0 Å². The van der Waals surface area contributed by atoms with Crippen LogP contribution in [0.2, 0.25) is 0 Å². The van der Waals surface area contributed by atoms with Crippen molar-refractivity contribution in [2.75, 3.05) is 42.7 Å². The third-order valence-corrected chi connectivity index (χ3v) is 13.8. The minimum absolute atomic E-state index is 0.749. The summed E-state index contributed by atoms with van der Waals surface area (Å²) >= 11 is -2.90. The number of ether oxygens (including phenoxy) is 6. The Hall–Kier alpha value is -2.66. The minimum atomic E-state index is -2.90. The van der Waals surface area contributed by atoms with Gasteiger partial charge < -0.3 is 0 Å². The fourth-order valence-electron chi connectivity index (χ4n) is 3.21. The second-order valence-electron chi connectivity index (χ2n) is 6.55. The summed E-state index contributed by atoms with van der Waals surface area (Å²) in [6, 6.07) is 18.1. The Morgan fingerprint density at radius 2 is 0.548 bits per heavy atom. The van der Waals surface area contributed by atoms with Gasteiger partial charge in [0.15, 0.2) is 0 Å². The topological polar surface area (TPSA) is 55.4 Å². The molecule has 0 bridgehead atoms. The first-order valence-electron chi connectivity index (χ1n) is 9.54. The molecule has 0 aromatic heterocycles. The van der Waals surface area contributed by atoms with Gasteiger partial charge in [-0.3, -0.25) is 0 Å². The number of benzene rings is 3. The molecule has 0 heterocycles. The van der Waals surface area contributed by atoms with Crippen LogP contribution in [0.5, 0.6) is 34.5 Å². The summed E-state index contributed by atoms with van der Waals surface area (Å²) in [5.41, 5.74) is 0. The third kappa shape index (κ3) is 5.34. The summed E-state index contributed by atoms with van der Waals surface area (Å²) in [7, 11) is 9.95. The van der Waals surface area contributed by atoms with Gasteiger partial charge in [0.05, 0.1) is 0 Å². The van der Waals surface area contributed by atoms with Crippen molar-refractivity contribution in [2.45, 2.75) is 0 Å². The molecule has 0 saturated carbocycles. The molecule has 31 heavy (non-hydrogen) atoms. The van der Waals surface area contributed by atoms with Crippen LogP contribution in [0, 0.1) is 0 Å². The standard InChI is InChI=1S/3C8H9O2.Bi/c3*1-9-7-4-3-5-8(6-7)10-2;/h3*4-6H,1-2H3;. The molecule has 0 aliphatic heterocycles. The second kappa shape index (κ2) is 10.6. The molecule has 0 spiro atoms. The van der Waals surface area contributed by atoms with E-state index < -0.39 is 21.8 Å². The molecule has 3 aromatic rings. The van der Waals surface area contributed by atoms with Crippen LogP contribution < -0.4 is 38.2 Å². The van der Waals surface area contributed by atoms with Crippen LogP contribution >= 0.6 is 0 Å². The van der Waals surface area contributed by atoms with Crippen LogP contribution in [-0.2, 0) is 0 Å². The molecule has 164 valence electrons. The number of methoxy groups -OCH3 is 6. The second-order valence-corrected chi connectivity index (χ2v) is 15.2. The van der Waals surface area contributed by atoms with E-state index >= 15 is 0 Å². The molecular formula is C24H27BiO6. The van der Waals surface area contributed by atoms with Crippen molar-refractivity contribution in [3.8, 4) is 34.5 Å². The summed E-state index contributed by atoms with van der Waals surface area (Å²) in [5, 5.41) is 0. The zero-order valence-electron chi connectivity index (χ0n) is 18.6. The van der Waals surface area contributed by atoms with Gasteiger partial charge in [-0.1, -0.05) is 0 Å². The first kappa shape index (κ1) is 23.0. The van der Waals surface area contributed by atoms with E-state index in [0.717, 1.165) is 34.5 Å². The summed E-state index contributed by atoms with van der Waals surface area (Å²) in [5.74, 6) is 4.49. The van der Waals surface area contributed by atoms with Crippen LogP contribution in [0.25, 0.3) is 0 Å². The van der Waals surface area contributed by atoms with E-state index in [4.69, 9.17) is 28.4 Å². The Morgan fingerprint density at radius 3 is 0.710 bits per heavy atom. The zero-order chi connectivity index (χ0) is 22.4. The summed E-state index contributed by atoms with van der Waals surface area (Å²) in [4.78, 5) is 0. The van der Waals surface area contributed by atoms with Gasteiger partial charge in [-0.05, 0) is 0 Å². The Kier molecular flexibility index (Phi) is 7.86. The van der Waals surface area contributed by atoms with Gasteiger partial charge in [-0.15, -0.1) is 0 Å². The molecule has 3 aromatic carbocycles. The molecule has 0 saturated heterocycles. The number of rotatable bonds is 9. The van der Waals surface area contributed by atoms with Crippen molar-refractivity contribution in [1.29, 1.82) is 0 Å². The van der Waals surface area contributed by atoms with Gasteiger partial charge in [0.25, 0.3) is 0 Å². The van der Waals surface area contributed by atoms with E-state index in [0.29, 0.717) is 0 Å². The summed E-state index contributed by atoms with van der Waals surface area (Å²) < 4.78 is 36.8. The van der Waals surface area contributed by atoms with Crippen molar-refractivity contribution in [2.24, 2.45) is 0 Å². The van der Waals surface area contributed by atoms with Crippen molar-refractivity contribution in [3.63, 3.8) is 0 Å². The van der Waals surface area contributed by atoms with Crippen LogP contribution in [0.4, 0.5) is 0 Å². The summed E-state index contributed by atoms with van der Waals surface area (Å²) in [6.45, 7) is 0. The van der Waals surface area contributed by atoms with Crippen LogP contribution in [0.15, 0.2) is 54.6 Å². The van der Waals surface area contributed by atoms with Crippen LogP contribution in [-0.4, -0.2) is 64.4 Å². The van der Waals surface area contributed by atoms with Crippen LogP contribution in [0.3, 0.4) is 0 Å². The molecule has 0 unspecified atom stereocenters. The third-order valence-electron chi connectivity index (χ3n) is 4.78. The van der Waals surface area contributed by atoms with E-state index in [-0.39, 0.29) is 0 Å². The molecule has 0 amide bonds. The normalized spacial score (nSPS) is 10.5.